The molecule has 2 aromatic heterocycles. The lowest BCUT2D eigenvalue weighted by molar-refractivity contribution is -0.119. The molecule has 0 radical (unpaired) electrons. The first kappa shape index (κ1) is 26.7. The van der Waals surface area contributed by atoms with E-state index in [1.807, 2.05) is 6.92 Å². The number of aliphatic imine (C=N–C) groups is 1. The second-order valence-corrected chi connectivity index (χ2v) is 9.46. The number of benzene rings is 1. The van der Waals surface area contributed by atoms with Crippen LogP contribution in [-0.2, 0) is 24.9 Å². The third kappa shape index (κ3) is 5.94. The summed E-state index contributed by atoms with van der Waals surface area (Å²) < 4.78 is 7.50. The standard InChI is InChI=1S/C25H27N7O5S/c1-4-26-24(35)30-17-7-5-15(6-8-17)14-32-23(34)20-21(31(2)25(32)36)28-13-18(38-20)22(33)29-12-16-9-10-27-19(11-16)37-3/h5-11,13,18H,4,12,14H2,1-3H3,(H,29,33)(H2,26,30,35). The number of anilines is 1. The zero-order valence-electron chi connectivity index (χ0n) is 21.1. The number of fused-ring (bicyclic) bond motifs is 1. The second kappa shape index (κ2) is 11.8. The van der Waals surface area contributed by atoms with E-state index in [-0.39, 0.29) is 35.7 Å². The van der Waals surface area contributed by atoms with Crippen molar-refractivity contribution >= 4 is 41.4 Å². The van der Waals surface area contributed by atoms with Crippen LogP contribution in [0.2, 0.25) is 0 Å². The number of carbonyl (C=O) groups is 2. The van der Waals surface area contributed by atoms with Crippen molar-refractivity contribution in [1.82, 2.24) is 24.8 Å². The van der Waals surface area contributed by atoms with E-state index in [2.05, 4.69) is 25.9 Å². The van der Waals surface area contributed by atoms with Crippen LogP contribution in [0.5, 0.6) is 5.88 Å². The molecule has 4 rings (SSSR count). The lowest BCUT2D eigenvalue weighted by atomic mass is 10.2. The van der Waals surface area contributed by atoms with Crippen LogP contribution in [0.15, 0.2) is 62.1 Å². The largest absolute Gasteiger partial charge is 0.481 e. The maximum Gasteiger partial charge on any atom is 0.332 e. The van der Waals surface area contributed by atoms with Crippen LogP contribution in [0.25, 0.3) is 0 Å². The highest BCUT2D eigenvalue weighted by Gasteiger charge is 2.28. The Labute approximate surface area is 222 Å². The van der Waals surface area contributed by atoms with Crippen molar-refractivity contribution < 1.29 is 14.3 Å². The van der Waals surface area contributed by atoms with Crippen molar-refractivity contribution in [2.45, 2.75) is 30.2 Å². The van der Waals surface area contributed by atoms with Gasteiger partial charge in [-0.2, -0.15) is 0 Å². The lowest BCUT2D eigenvalue weighted by Crippen LogP contribution is -2.42. The highest BCUT2D eigenvalue weighted by atomic mass is 32.2. The molecule has 0 fully saturated rings. The van der Waals surface area contributed by atoms with Gasteiger partial charge in [0.1, 0.15) is 10.1 Å². The van der Waals surface area contributed by atoms with E-state index >= 15 is 0 Å². The molecule has 3 heterocycles. The summed E-state index contributed by atoms with van der Waals surface area (Å²) in [7, 11) is 3.05. The monoisotopic (exact) mass is 537 g/mol. The summed E-state index contributed by atoms with van der Waals surface area (Å²) in [5.74, 6) is 0.328. The normalized spacial score (nSPS) is 13.9. The summed E-state index contributed by atoms with van der Waals surface area (Å²) >= 11 is 1.05. The molecule has 0 spiro atoms. The number of nitrogens with zero attached hydrogens (tertiary/aromatic N) is 4. The predicted octanol–water partition coefficient (Wildman–Crippen LogP) is 1.63. The maximum atomic E-state index is 13.3. The Morgan fingerprint density at radius 2 is 1.87 bits per heavy atom. The number of ether oxygens (including phenoxy) is 1. The molecule has 1 unspecified atom stereocenters. The van der Waals surface area contributed by atoms with E-state index in [0.717, 1.165) is 21.9 Å². The Morgan fingerprint density at radius 3 is 2.58 bits per heavy atom. The molecule has 3 aromatic rings. The zero-order chi connectivity index (χ0) is 27.2. The van der Waals surface area contributed by atoms with Gasteiger partial charge in [0.25, 0.3) is 5.56 Å². The van der Waals surface area contributed by atoms with Gasteiger partial charge in [-0.1, -0.05) is 23.9 Å². The van der Waals surface area contributed by atoms with E-state index in [1.165, 1.54) is 24.9 Å². The number of carbonyl (C=O) groups excluding carboxylic acids is 2. The van der Waals surface area contributed by atoms with E-state index < -0.39 is 16.5 Å². The molecule has 1 atom stereocenters. The first-order valence-corrected chi connectivity index (χ1v) is 12.6. The first-order valence-electron chi connectivity index (χ1n) is 11.8. The van der Waals surface area contributed by atoms with E-state index in [1.54, 1.807) is 42.6 Å². The molecule has 12 nitrogen and oxygen atoms in total. The molecule has 13 heteroatoms. The topological polar surface area (TPSA) is 149 Å². The third-order valence-electron chi connectivity index (χ3n) is 5.68. The number of aromatic nitrogens is 3. The fourth-order valence-electron chi connectivity index (χ4n) is 3.71. The average molecular weight is 538 g/mol. The number of thioether (sulfide) groups is 1. The van der Waals surface area contributed by atoms with Crippen molar-refractivity contribution in [3.8, 4) is 5.88 Å². The van der Waals surface area contributed by atoms with Gasteiger partial charge >= 0.3 is 11.7 Å². The van der Waals surface area contributed by atoms with Crippen molar-refractivity contribution in [3.63, 3.8) is 0 Å². The average Bonchev–Trinajstić information content (AvgIpc) is 2.93. The van der Waals surface area contributed by atoms with E-state index in [9.17, 15) is 19.2 Å². The van der Waals surface area contributed by atoms with Gasteiger partial charge in [0.15, 0.2) is 5.82 Å². The summed E-state index contributed by atoms with van der Waals surface area (Å²) in [6.45, 7) is 2.58. The SMILES string of the molecule is CCNC(=O)Nc1ccc(Cn2c(=O)c3c(n(C)c2=O)N=CC(C(=O)NCc2ccnc(OC)c2)S3)cc1. The summed E-state index contributed by atoms with van der Waals surface area (Å²) in [6.07, 6.45) is 3.02. The van der Waals surface area contributed by atoms with Crippen LogP contribution in [-0.4, -0.2) is 51.2 Å². The van der Waals surface area contributed by atoms with Crippen LogP contribution < -0.4 is 31.9 Å². The molecule has 1 aliphatic heterocycles. The van der Waals surface area contributed by atoms with Gasteiger partial charge in [0, 0.05) is 44.3 Å². The van der Waals surface area contributed by atoms with E-state index in [4.69, 9.17) is 4.74 Å². The smallest absolute Gasteiger partial charge is 0.332 e. The van der Waals surface area contributed by atoms with Gasteiger partial charge in [0.2, 0.25) is 11.8 Å². The molecule has 0 aliphatic carbocycles. The highest BCUT2D eigenvalue weighted by molar-refractivity contribution is 8.01. The van der Waals surface area contributed by atoms with Gasteiger partial charge < -0.3 is 20.7 Å². The number of urea groups is 1. The Hall–Kier alpha value is -4.39. The third-order valence-corrected chi connectivity index (χ3v) is 6.86. The van der Waals surface area contributed by atoms with Crippen LogP contribution in [0.1, 0.15) is 18.1 Å². The van der Waals surface area contributed by atoms with Gasteiger partial charge in [-0.05, 0) is 36.2 Å². The minimum Gasteiger partial charge on any atom is -0.481 e. The fourth-order valence-corrected chi connectivity index (χ4v) is 4.78. The minimum atomic E-state index is -0.746. The Kier molecular flexibility index (Phi) is 8.26. The predicted molar refractivity (Wildman–Crippen MR) is 145 cm³/mol. The molecule has 3 amide bonds. The van der Waals surface area contributed by atoms with Crippen LogP contribution in [0.3, 0.4) is 0 Å². The van der Waals surface area contributed by atoms with Crippen molar-refractivity contribution in [1.29, 1.82) is 0 Å². The molecule has 3 N–H and O–H groups in total. The van der Waals surface area contributed by atoms with Crippen molar-refractivity contribution in [2.75, 3.05) is 19.0 Å². The molecule has 0 saturated heterocycles. The fraction of sp³-hybridized carbons (Fsp3) is 0.280. The Balaban J connectivity index is 1.50. The van der Waals surface area contributed by atoms with Gasteiger partial charge in [-0.25, -0.2) is 19.6 Å². The molecular weight excluding hydrogens is 510 g/mol. The zero-order valence-corrected chi connectivity index (χ0v) is 21.9. The van der Waals surface area contributed by atoms with E-state index in [0.29, 0.717) is 23.7 Å². The number of rotatable bonds is 8. The van der Waals surface area contributed by atoms with Gasteiger partial charge in [-0.3, -0.25) is 18.7 Å². The molecule has 0 saturated carbocycles. The van der Waals surface area contributed by atoms with Crippen molar-refractivity contribution in [2.24, 2.45) is 12.0 Å². The quantitative estimate of drug-likeness (QED) is 0.395. The summed E-state index contributed by atoms with van der Waals surface area (Å²) in [6, 6.07) is 9.99. The number of pyridine rings is 1. The van der Waals surface area contributed by atoms with Crippen LogP contribution in [0.4, 0.5) is 16.3 Å². The maximum absolute atomic E-state index is 13.3. The molecular formula is C25H27N7O5S. The number of hydrogen-bond acceptors (Lipinski definition) is 8. The van der Waals surface area contributed by atoms with Crippen molar-refractivity contribution in [3.05, 3.63) is 74.6 Å². The van der Waals surface area contributed by atoms with Crippen LogP contribution >= 0.6 is 11.8 Å². The first-order chi connectivity index (χ1) is 18.3. The number of amides is 3. The summed E-state index contributed by atoms with van der Waals surface area (Å²) in [5, 5.41) is 7.42. The summed E-state index contributed by atoms with van der Waals surface area (Å²) in [5.41, 5.74) is 1.03. The lowest BCUT2D eigenvalue weighted by Gasteiger charge is -2.20. The van der Waals surface area contributed by atoms with Gasteiger partial charge in [0.05, 0.1) is 13.7 Å². The highest BCUT2D eigenvalue weighted by Crippen LogP contribution is 2.32. The van der Waals surface area contributed by atoms with Gasteiger partial charge in [-0.15, -0.1) is 0 Å². The number of nitrogens with one attached hydrogen (secondary N) is 3. The summed E-state index contributed by atoms with van der Waals surface area (Å²) in [4.78, 5) is 59.4. The minimum absolute atomic E-state index is 0.0191. The molecule has 1 aliphatic rings. The Bertz CT molecular complexity index is 1500. The Morgan fingerprint density at radius 1 is 1.11 bits per heavy atom. The number of methoxy groups -OCH3 is 1. The number of hydrogen-bond donors (Lipinski definition) is 3. The molecule has 38 heavy (non-hydrogen) atoms. The van der Waals surface area contributed by atoms with Crippen LogP contribution in [0, 0.1) is 0 Å². The second-order valence-electron chi connectivity index (χ2n) is 8.31. The molecule has 1 aromatic carbocycles. The molecule has 0 bridgehead atoms. The molecule has 198 valence electrons.